The Kier molecular flexibility index (Phi) is 5.45. The van der Waals surface area contributed by atoms with Crippen molar-refractivity contribution >= 4 is 29.1 Å². The normalized spacial score (nSPS) is 16.8. The minimum atomic E-state index is 0.0699. The molecule has 0 bridgehead atoms. The lowest BCUT2D eigenvalue weighted by Crippen LogP contribution is -2.17. The quantitative estimate of drug-likeness (QED) is 0.677. The van der Waals surface area contributed by atoms with Crippen molar-refractivity contribution < 1.29 is 9.47 Å². The molecule has 0 spiro atoms. The largest absolute Gasteiger partial charge is 0.491 e. The van der Waals surface area contributed by atoms with Crippen LogP contribution in [0.2, 0.25) is 5.15 Å². The van der Waals surface area contributed by atoms with Crippen LogP contribution in [0.5, 0.6) is 5.75 Å². The molecule has 1 unspecified atom stereocenters. The van der Waals surface area contributed by atoms with E-state index in [0.717, 1.165) is 36.3 Å². The molecule has 1 atom stereocenters. The minimum Gasteiger partial charge on any atom is -0.491 e. The Morgan fingerprint density at radius 2 is 2.20 bits per heavy atom. The van der Waals surface area contributed by atoms with Crippen LogP contribution in [-0.4, -0.2) is 29.3 Å². The van der Waals surface area contributed by atoms with E-state index < -0.39 is 0 Å². The number of hydrogen-bond acceptors (Lipinski definition) is 7. The zero-order valence-electron chi connectivity index (χ0n) is 14.1. The van der Waals surface area contributed by atoms with Gasteiger partial charge in [0.25, 0.3) is 0 Å². The monoisotopic (exact) mass is 363 g/mol. The first-order valence-corrected chi connectivity index (χ1v) is 8.57. The summed E-state index contributed by atoms with van der Waals surface area (Å²) in [6.45, 7) is 3.85. The third-order valence-corrected chi connectivity index (χ3v) is 4.32. The predicted molar refractivity (Wildman–Crippen MR) is 98.8 cm³/mol. The average molecular weight is 364 g/mol. The summed E-state index contributed by atoms with van der Waals surface area (Å²) in [6, 6.07) is 6.05. The van der Waals surface area contributed by atoms with Crippen molar-refractivity contribution in [3.63, 3.8) is 0 Å². The van der Waals surface area contributed by atoms with Gasteiger partial charge >= 0.3 is 0 Å². The van der Waals surface area contributed by atoms with Crippen LogP contribution in [0.1, 0.15) is 24.0 Å². The molecule has 5 N–H and O–H groups in total. The molecule has 1 fully saturated rings. The number of nitrogen functional groups attached to an aromatic ring is 2. The Morgan fingerprint density at radius 1 is 1.36 bits per heavy atom. The van der Waals surface area contributed by atoms with Crippen LogP contribution in [0.25, 0.3) is 0 Å². The van der Waals surface area contributed by atoms with Crippen LogP contribution in [0.15, 0.2) is 18.2 Å². The number of anilines is 3. The SMILES string of the molecule is Cc1ccc(CNc2nc(N)nc(Cl)c2N)c(OCC2CCCO2)c1. The lowest BCUT2D eigenvalue weighted by atomic mass is 10.1. The van der Waals surface area contributed by atoms with Gasteiger partial charge in [-0.15, -0.1) is 0 Å². The van der Waals surface area contributed by atoms with Crippen molar-refractivity contribution in [2.75, 3.05) is 30.0 Å². The van der Waals surface area contributed by atoms with Crippen molar-refractivity contribution in [3.8, 4) is 5.75 Å². The van der Waals surface area contributed by atoms with E-state index >= 15 is 0 Å². The molecule has 134 valence electrons. The van der Waals surface area contributed by atoms with E-state index in [0.29, 0.717) is 19.0 Å². The summed E-state index contributed by atoms with van der Waals surface area (Å²) in [7, 11) is 0. The van der Waals surface area contributed by atoms with Gasteiger partial charge in [-0.3, -0.25) is 0 Å². The van der Waals surface area contributed by atoms with Gasteiger partial charge in [0.2, 0.25) is 5.95 Å². The molecule has 0 radical (unpaired) electrons. The molecule has 7 nitrogen and oxygen atoms in total. The molecular formula is C17H22ClN5O2. The smallest absolute Gasteiger partial charge is 0.223 e. The topological polar surface area (TPSA) is 108 Å². The number of nitrogens with one attached hydrogen (secondary N) is 1. The molecule has 2 aromatic rings. The third kappa shape index (κ3) is 4.43. The molecule has 1 aliphatic heterocycles. The highest BCUT2D eigenvalue weighted by atomic mass is 35.5. The fraction of sp³-hybridized carbons (Fsp3) is 0.412. The third-order valence-electron chi connectivity index (χ3n) is 4.03. The molecular weight excluding hydrogens is 342 g/mol. The Labute approximate surface area is 151 Å². The summed E-state index contributed by atoms with van der Waals surface area (Å²) in [5.41, 5.74) is 13.9. The van der Waals surface area contributed by atoms with Crippen molar-refractivity contribution in [1.82, 2.24) is 9.97 Å². The highest BCUT2D eigenvalue weighted by Gasteiger charge is 2.17. The average Bonchev–Trinajstić information content (AvgIpc) is 3.09. The van der Waals surface area contributed by atoms with Gasteiger partial charge in [0.15, 0.2) is 11.0 Å². The van der Waals surface area contributed by atoms with E-state index in [2.05, 4.69) is 15.3 Å². The van der Waals surface area contributed by atoms with Crippen LogP contribution < -0.4 is 21.5 Å². The molecule has 2 heterocycles. The van der Waals surface area contributed by atoms with Crippen LogP contribution in [0.4, 0.5) is 17.5 Å². The van der Waals surface area contributed by atoms with E-state index in [1.54, 1.807) is 0 Å². The fourth-order valence-electron chi connectivity index (χ4n) is 2.67. The van der Waals surface area contributed by atoms with Gasteiger partial charge in [-0.1, -0.05) is 23.7 Å². The van der Waals surface area contributed by atoms with Crippen LogP contribution >= 0.6 is 11.6 Å². The number of nitrogens with zero attached hydrogens (tertiary/aromatic N) is 2. The van der Waals surface area contributed by atoms with Gasteiger partial charge in [0.1, 0.15) is 18.0 Å². The Morgan fingerprint density at radius 3 is 2.96 bits per heavy atom. The second-order valence-electron chi connectivity index (χ2n) is 6.05. The molecule has 0 amide bonds. The second-order valence-corrected chi connectivity index (χ2v) is 6.40. The lowest BCUT2D eigenvalue weighted by molar-refractivity contribution is 0.0676. The molecule has 1 aromatic carbocycles. The molecule has 1 aliphatic rings. The lowest BCUT2D eigenvalue weighted by Gasteiger charge is -2.16. The fourth-order valence-corrected chi connectivity index (χ4v) is 2.85. The van der Waals surface area contributed by atoms with Crippen LogP contribution in [-0.2, 0) is 11.3 Å². The summed E-state index contributed by atoms with van der Waals surface area (Å²) in [6.07, 6.45) is 2.29. The maximum atomic E-state index is 5.99. The Balaban J connectivity index is 1.71. The number of benzene rings is 1. The van der Waals surface area contributed by atoms with Crippen molar-refractivity contribution in [2.45, 2.75) is 32.4 Å². The van der Waals surface area contributed by atoms with Gasteiger partial charge in [-0.25, -0.2) is 0 Å². The number of aryl methyl sites for hydroxylation is 1. The second kappa shape index (κ2) is 7.76. The molecule has 8 heteroatoms. The molecule has 3 rings (SSSR count). The number of rotatable bonds is 6. The zero-order chi connectivity index (χ0) is 17.8. The van der Waals surface area contributed by atoms with E-state index in [9.17, 15) is 0 Å². The summed E-state index contributed by atoms with van der Waals surface area (Å²) >= 11 is 5.94. The van der Waals surface area contributed by atoms with E-state index in [1.807, 2.05) is 25.1 Å². The molecule has 0 aliphatic carbocycles. The minimum absolute atomic E-state index is 0.0699. The van der Waals surface area contributed by atoms with Crippen LogP contribution in [0.3, 0.4) is 0 Å². The van der Waals surface area contributed by atoms with E-state index in [4.69, 9.17) is 32.5 Å². The summed E-state index contributed by atoms with van der Waals surface area (Å²) in [5, 5.41) is 3.28. The first-order valence-electron chi connectivity index (χ1n) is 8.19. The number of hydrogen-bond donors (Lipinski definition) is 3. The number of aromatic nitrogens is 2. The van der Waals surface area contributed by atoms with E-state index in [-0.39, 0.29) is 22.9 Å². The highest BCUT2D eigenvalue weighted by Crippen LogP contribution is 2.27. The number of halogens is 1. The van der Waals surface area contributed by atoms with E-state index in [1.165, 1.54) is 0 Å². The number of ether oxygens (including phenoxy) is 2. The van der Waals surface area contributed by atoms with Gasteiger partial charge in [-0.05, 0) is 31.4 Å². The molecule has 1 saturated heterocycles. The van der Waals surface area contributed by atoms with Gasteiger partial charge < -0.3 is 26.3 Å². The van der Waals surface area contributed by atoms with Gasteiger partial charge in [0.05, 0.1) is 6.10 Å². The Bertz CT molecular complexity index is 750. The standard InChI is InChI=1S/C17H22ClN5O2/c1-10-4-5-11(13(7-10)25-9-12-3-2-6-24-12)8-21-16-14(19)15(18)22-17(20)23-16/h4-5,7,12H,2-3,6,8-9,19H2,1H3,(H3,20,21,22,23). The molecule has 25 heavy (non-hydrogen) atoms. The van der Waals surface area contributed by atoms with Crippen molar-refractivity contribution in [1.29, 1.82) is 0 Å². The molecule has 0 saturated carbocycles. The number of nitrogens with two attached hydrogens (primary N) is 2. The van der Waals surface area contributed by atoms with Crippen molar-refractivity contribution in [3.05, 3.63) is 34.5 Å². The zero-order valence-corrected chi connectivity index (χ0v) is 14.8. The maximum Gasteiger partial charge on any atom is 0.223 e. The van der Waals surface area contributed by atoms with Gasteiger partial charge in [0, 0.05) is 18.7 Å². The van der Waals surface area contributed by atoms with Gasteiger partial charge in [-0.2, -0.15) is 9.97 Å². The summed E-state index contributed by atoms with van der Waals surface area (Å²) in [5.74, 6) is 1.29. The summed E-state index contributed by atoms with van der Waals surface area (Å²) in [4.78, 5) is 7.91. The predicted octanol–water partition coefficient (Wildman–Crippen LogP) is 2.77. The maximum absolute atomic E-state index is 5.99. The first-order chi connectivity index (χ1) is 12.0. The molecule has 1 aromatic heterocycles. The highest BCUT2D eigenvalue weighted by molar-refractivity contribution is 6.32. The summed E-state index contributed by atoms with van der Waals surface area (Å²) < 4.78 is 11.6. The Hall–Kier alpha value is -2.25. The van der Waals surface area contributed by atoms with Crippen molar-refractivity contribution in [2.24, 2.45) is 0 Å². The van der Waals surface area contributed by atoms with Crippen LogP contribution in [0, 0.1) is 6.92 Å². The first kappa shape index (κ1) is 17.6.